The standard InChI is InChI=1S/C17H17N3O2/c21-17(20-22)8-6-12-5-7-16(18-11-12)19-15-9-13-3-1-2-4-14(13)10-15/h1-8,11,15,22H,9-10H2,(H,18,19)(H,20,21). The Morgan fingerprint density at radius 3 is 2.50 bits per heavy atom. The molecule has 1 heterocycles. The maximum absolute atomic E-state index is 10.9. The number of hydrogen-bond acceptors (Lipinski definition) is 4. The lowest BCUT2D eigenvalue weighted by Crippen LogP contribution is -2.20. The third-order valence-corrected chi connectivity index (χ3v) is 3.73. The molecule has 22 heavy (non-hydrogen) atoms. The van der Waals surface area contributed by atoms with Gasteiger partial charge in [0.2, 0.25) is 0 Å². The first-order valence-electron chi connectivity index (χ1n) is 7.16. The second-order valence-corrected chi connectivity index (χ2v) is 5.30. The fourth-order valence-corrected chi connectivity index (χ4v) is 2.67. The average Bonchev–Trinajstić information content (AvgIpc) is 2.96. The summed E-state index contributed by atoms with van der Waals surface area (Å²) < 4.78 is 0. The predicted octanol–water partition coefficient (Wildman–Crippen LogP) is 2.18. The van der Waals surface area contributed by atoms with Gasteiger partial charge in [-0.1, -0.05) is 24.3 Å². The zero-order chi connectivity index (χ0) is 15.4. The molecule has 1 amide bonds. The minimum Gasteiger partial charge on any atom is -0.367 e. The molecule has 2 aromatic rings. The summed E-state index contributed by atoms with van der Waals surface area (Å²) in [6.45, 7) is 0. The summed E-state index contributed by atoms with van der Waals surface area (Å²) in [5, 5.41) is 11.9. The van der Waals surface area contributed by atoms with Gasteiger partial charge in [0.05, 0.1) is 0 Å². The third kappa shape index (κ3) is 3.32. The van der Waals surface area contributed by atoms with Crippen LogP contribution in [0.3, 0.4) is 0 Å². The highest BCUT2D eigenvalue weighted by molar-refractivity contribution is 5.90. The van der Waals surface area contributed by atoms with Gasteiger partial charge in [0, 0.05) is 18.3 Å². The summed E-state index contributed by atoms with van der Waals surface area (Å²) in [7, 11) is 0. The maximum atomic E-state index is 10.9. The quantitative estimate of drug-likeness (QED) is 0.459. The summed E-state index contributed by atoms with van der Waals surface area (Å²) in [4.78, 5) is 15.3. The van der Waals surface area contributed by atoms with E-state index in [9.17, 15) is 4.79 Å². The Bertz CT molecular complexity index is 670. The summed E-state index contributed by atoms with van der Waals surface area (Å²) >= 11 is 0. The fourth-order valence-electron chi connectivity index (χ4n) is 2.67. The molecule has 0 radical (unpaired) electrons. The van der Waals surface area contributed by atoms with E-state index in [2.05, 4.69) is 34.6 Å². The minimum absolute atomic E-state index is 0.367. The molecule has 1 aliphatic carbocycles. The molecule has 5 heteroatoms. The van der Waals surface area contributed by atoms with Gasteiger partial charge in [-0.3, -0.25) is 10.0 Å². The van der Waals surface area contributed by atoms with Crippen molar-refractivity contribution in [2.24, 2.45) is 0 Å². The number of nitrogens with zero attached hydrogens (tertiary/aromatic N) is 1. The maximum Gasteiger partial charge on any atom is 0.267 e. The van der Waals surface area contributed by atoms with Gasteiger partial charge < -0.3 is 5.32 Å². The van der Waals surface area contributed by atoms with E-state index in [1.54, 1.807) is 17.8 Å². The number of hydrogen-bond donors (Lipinski definition) is 3. The Kier molecular flexibility index (Phi) is 4.16. The van der Waals surface area contributed by atoms with E-state index in [1.165, 1.54) is 17.2 Å². The minimum atomic E-state index is -0.564. The van der Waals surface area contributed by atoms with E-state index in [1.807, 2.05) is 12.1 Å². The third-order valence-electron chi connectivity index (χ3n) is 3.73. The fraction of sp³-hybridized carbons (Fsp3) is 0.176. The summed E-state index contributed by atoms with van der Waals surface area (Å²) in [6.07, 6.45) is 6.55. The largest absolute Gasteiger partial charge is 0.367 e. The molecule has 0 bridgehead atoms. The van der Waals surface area contributed by atoms with Crippen molar-refractivity contribution in [1.82, 2.24) is 10.5 Å². The molecule has 0 saturated carbocycles. The number of anilines is 1. The molecule has 0 saturated heterocycles. The van der Waals surface area contributed by atoms with Gasteiger partial charge in [-0.2, -0.15) is 0 Å². The van der Waals surface area contributed by atoms with Crippen molar-refractivity contribution < 1.29 is 10.0 Å². The smallest absolute Gasteiger partial charge is 0.267 e. The van der Waals surface area contributed by atoms with E-state index in [0.29, 0.717) is 6.04 Å². The Morgan fingerprint density at radius 1 is 1.18 bits per heavy atom. The molecule has 5 nitrogen and oxygen atoms in total. The highest BCUT2D eigenvalue weighted by atomic mass is 16.5. The molecule has 0 atom stereocenters. The second-order valence-electron chi connectivity index (χ2n) is 5.30. The van der Waals surface area contributed by atoms with Crippen molar-refractivity contribution in [3.05, 3.63) is 65.4 Å². The zero-order valence-corrected chi connectivity index (χ0v) is 12.0. The highest BCUT2D eigenvalue weighted by Crippen LogP contribution is 2.23. The topological polar surface area (TPSA) is 74.2 Å². The average molecular weight is 295 g/mol. The lowest BCUT2D eigenvalue weighted by molar-refractivity contribution is -0.124. The number of amides is 1. The van der Waals surface area contributed by atoms with Crippen LogP contribution in [0.1, 0.15) is 16.7 Å². The number of carbonyl (C=O) groups excluding carboxylic acids is 1. The molecular weight excluding hydrogens is 278 g/mol. The Labute approximate surface area is 128 Å². The van der Waals surface area contributed by atoms with E-state index in [0.717, 1.165) is 24.2 Å². The molecule has 1 aromatic heterocycles. The summed E-state index contributed by atoms with van der Waals surface area (Å²) in [6, 6.07) is 12.6. The monoisotopic (exact) mass is 295 g/mol. The van der Waals surface area contributed by atoms with Gasteiger partial charge in [0.1, 0.15) is 5.82 Å². The first-order chi connectivity index (χ1) is 10.7. The number of aromatic nitrogens is 1. The van der Waals surface area contributed by atoms with Crippen LogP contribution < -0.4 is 10.8 Å². The Hall–Kier alpha value is -2.66. The summed E-state index contributed by atoms with van der Waals surface area (Å²) in [5.41, 5.74) is 5.14. The molecule has 0 spiro atoms. The lowest BCUT2D eigenvalue weighted by atomic mass is 10.1. The summed E-state index contributed by atoms with van der Waals surface area (Å²) in [5.74, 6) is 0.257. The SMILES string of the molecule is O=C(C=Cc1ccc(NC2Cc3ccccc3C2)nc1)NO. The van der Waals surface area contributed by atoms with Crippen LogP contribution in [-0.4, -0.2) is 22.1 Å². The first kappa shape index (κ1) is 14.3. The predicted molar refractivity (Wildman–Crippen MR) is 84.5 cm³/mol. The highest BCUT2D eigenvalue weighted by Gasteiger charge is 2.20. The molecule has 112 valence electrons. The molecule has 0 aliphatic heterocycles. The van der Waals surface area contributed by atoms with Gasteiger partial charge in [0.15, 0.2) is 0 Å². The van der Waals surface area contributed by atoms with Crippen LogP contribution in [0.15, 0.2) is 48.7 Å². The van der Waals surface area contributed by atoms with Gasteiger partial charge >= 0.3 is 0 Å². The van der Waals surface area contributed by atoms with E-state index >= 15 is 0 Å². The number of fused-ring (bicyclic) bond motifs is 1. The Balaban J connectivity index is 1.61. The van der Waals surface area contributed by atoms with Crippen LogP contribution in [0.5, 0.6) is 0 Å². The van der Waals surface area contributed by atoms with Gasteiger partial charge in [-0.05, 0) is 47.7 Å². The van der Waals surface area contributed by atoms with Crippen molar-refractivity contribution in [1.29, 1.82) is 0 Å². The molecule has 3 N–H and O–H groups in total. The van der Waals surface area contributed by atoms with Crippen LogP contribution in [-0.2, 0) is 17.6 Å². The van der Waals surface area contributed by atoms with Crippen molar-refractivity contribution in [2.45, 2.75) is 18.9 Å². The van der Waals surface area contributed by atoms with Gasteiger partial charge in [0.25, 0.3) is 5.91 Å². The normalized spacial score (nSPS) is 14.0. The van der Waals surface area contributed by atoms with Crippen LogP contribution >= 0.6 is 0 Å². The molecule has 0 unspecified atom stereocenters. The number of carbonyl (C=O) groups is 1. The van der Waals surface area contributed by atoms with Crippen molar-refractivity contribution >= 4 is 17.8 Å². The number of nitrogens with one attached hydrogen (secondary N) is 2. The van der Waals surface area contributed by atoms with Gasteiger partial charge in [-0.25, -0.2) is 10.5 Å². The number of hydroxylamine groups is 1. The van der Waals surface area contributed by atoms with Crippen molar-refractivity contribution in [3.8, 4) is 0 Å². The zero-order valence-electron chi connectivity index (χ0n) is 12.0. The van der Waals surface area contributed by atoms with E-state index in [4.69, 9.17) is 5.21 Å². The molecule has 1 aromatic carbocycles. The van der Waals surface area contributed by atoms with Crippen molar-refractivity contribution in [3.63, 3.8) is 0 Å². The molecular formula is C17H17N3O2. The van der Waals surface area contributed by atoms with E-state index in [-0.39, 0.29) is 0 Å². The van der Waals surface area contributed by atoms with Crippen LogP contribution in [0.2, 0.25) is 0 Å². The van der Waals surface area contributed by atoms with Crippen LogP contribution in [0.25, 0.3) is 6.08 Å². The number of benzene rings is 1. The van der Waals surface area contributed by atoms with Crippen LogP contribution in [0.4, 0.5) is 5.82 Å². The molecule has 0 fully saturated rings. The van der Waals surface area contributed by atoms with Crippen LogP contribution in [0, 0.1) is 0 Å². The first-order valence-corrected chi connectivity index (χ1v) is 7.16. The molecule has 1 aliphatic rings. The van der Waals surface area contributed by atoms with Crippen molar-refractivity contribution in [2.75, 3.05) is 5.32 Å². The number of pyridine rings is 1. The Morgan fingerprint density at radius 2 is 1.91 bits per heavy atom. The number of rotatable bonds is 4. The van der Waals surface area contributed by atoms with Gasteiger partial charge in [-0.15, -0.1) is 0 Å². The van der Waals surface area contributed by atoms with E-state index < -0.39 is 5.91 Å². The second kappa shape index (κ2) is 6.41. The lowest BCUT2D eigenvalue weighted by Gasteiger charge is -2.12. The molecule has 3 rings (SSSR count).